The highest BCUT2D eigenvalue weighted by Gasteiger charge is 2.27. The van der Waals surface area contributed by atoms with Crippen molar-refractivity contribution in [2.24, 2.45) is 0 Å². The predicted octanol–water partition coefficient (Wildman–Crippen LogP) is 2.69. The van der Waals surface area contributed by atoms with Gasteiger partial charge in [0.05, 0.1) is 16.0 Å². The molecule has 3 nitrogen and oxygen atoms in total. The van der Waals surface area contributed by atoms with E-state index in [4.69, 9.17) is 5.26 Å². The summed E-state index contributed by atoms with van der Waals surface area (Å²) < 4.78 is -0.607. The van der Waals surface area contributed by atoms with Crippen molar-refractivity contribution in [3.63, 3.8) is 0 Å². The Balaban J connectivity index is 3.02. The fourth-order valence-electron chi connectivity index (χ4n) is 1.30. The fraction of sp³-hybridized carbons (Fsp3) is 0.333. The second kappa shape index (κ2) is 4.67. The van der Waals surface area contributed by atoms with Crippen molar-refractivity contribution in [2.45, 2.75) is 18.2 Å². The average Bonchev–Trinajstić information content (AvgIpc) is 2.26. The minimum absolute atomic E-state index is 0.0532. The van der Waals surface area contributed by atoms with E-state index in [1.54, 1.807) is 45.2 Å². The van der Waals surface area contributed by atoms with Crippen LogP contribution in [0.3, 0.4) is 0 Å². The molecule has 0 aliphatic rings. The number of rotatable bonds is 2. The van der Waals surface area contributed by atoms with E-state index in [2.05, 4.69) is 22.0 Å². The van der Waals surface area contributed by atoms with Crippen LogP contribution in [0.2, 0.25) is 0 Å². The Morgan fingerprint density at radius 3 is 2.62 bits per heavy atom. The molecule has 1 rings (SSSR count). The van der Waals surface area contributed by atoms with Crippen molar-refractivity contribution in [3.8, 4) is 6.07 Å². The minimum Gasteiger partial charge on any atom is -0.314 e. The van der Waals surface area contributed by atoms with Crippen LogP contribution in [0, 0.1) is 11.3 Å². The Morgan fingerprint density at radius 2 is 2.12 bits per heavy atom. The summed E-state index contributed by atoms with van der Waals surface area (Å²) in [6.07, 6.45) is 0. The second-order valence-electron chi connectivity index (χ2n) is 4.00. The lowest BCUT2D eigenvalue weighted by Crippen LogP contribution is -2.39. The number of hydrogen-bond donors (Lipinski definition) is 0. The molecule has 0 aliphatic heterocycles. The van der Waals surface area contributed by atoms with Gasteiger partial charge in [-0.15, -0.1) is 0 Å². The van der Waals surface area contributed by atoms with Gasteiger partial charge >= 0.3 is 0 Å². The molecule has 0 saturated carbocycles. The van der Waals surface area contributed by atoms with E-state index in [-0.39, 0.29) is 5.91 Å². The number of amides is 1. The Hall–Kier alpha value is -1.34. The number of anilines is 1. The highest BCUT2D eigenvalue weighted by atomic mass is 79.9. The van der Waals surface area contributed by atoms with Crippen molar-refractivity contribution in [1.29, 1.82) is 5.26 Å². The Bertz CT molecular complexity index is 443. The highest BCUT2D eigenvalue weighted by Crippen LogP contribution is 2.23. The lowest BCUT2D eigenvalue weighted by Gasteiger charge is -2.24. The van der Waals surface area contributed by atoms with Crippen LogP contribution in [0.5, 0.6) is 0 Å². The quantitative estimate of drug-likeness (QED) is 0.782. The number of halogens is 1. The molecule has 0 aromatic heterocycles. The maximum absolute atomic E-state index is 12.0. The van der Waals surface area contributed by atoms with Crippen molar-refractivity contribution < 1.29 is 4.79 Å². The Kier molecular flexibility index (Phi) is 3.71. The van der Waals surface area contributed by atoms with Crippen LogP contribution in [0.1, 0.15) is 19.4 Å². The van der Waals surface area contributed by atoms with Crippen LogP contribution < -0.4 is 4.90 Å². The third kappa shape index (κ3) is 2.83. The maximum Gasteiger partial charge on any atom is 0.243 e. The zero-order valence-corrected chi connectivity index (χ0v) is 11.1. The van der Waals surface area contributed by atoms with Crippen LogP contribution >= 0.6 is 15.9 Å². The topological polar surface area (TPSA) is 44.1 Å². The molecule has 0 spiro atoms. The lowest BCUT2D eigenvalue weighted by atomic mass is 10.1. The second-order valence-corrected chi connectivity index (χ2v) is 5.98. The van der Waals surface area contributed by atoms with Gasteiger partial charge in [0.1, 0.15) is 0 Å². The van der Waals surface area contributed by atoms with Crippen LogP contribution in [0.15, 0.2) is 24.3 Å². The van der Waals surface area contributed by atoms with Crippen LogP contribution in [-0.2, 0) is 4.79 Å². The molecule has 0 unspecified atom stereocenters. The fourth-order valence-corrected chi connectivity index (χ4v) is 1.57. The van der Waals surface area contributed by atoms with Gasteiger partial charge in [-0.25, -0.2) is 0 Å². The van der Waals surface area contributed by atoms with Gasteiger partial charge in [0.15, 0.2) is 0 Å². The zero-order valence-electron chi connectivity index (χ0n) is 9.49. The van der Waals surface area contributed by atoms with E-state index < -0.39 is 4.32 Å². The van der Waals surface area contributed by atoms with Crippen LogP contribution in [0.4, 0.5) is 5.69 Å². The van der Waals surface area contributed by atoms with E-state index in [9.17, 15) is 4.79 Å². The minimum atomic E-state index is -0.607. The third-order valence-corrected chi connectivity index (χ3v) is 2.51. The van der Waals surface area contributed by atoms with Crippen molar-refractivity contribution in [3.05, 3.63) is 29.8 Å². The third-order valence-electron chi connectivity index (χ3n) is 2.18. The van der Waals surface area contributed by atoms with Crippen LogP contribution in [-0.4, -0.2) is 17.3 Å². The molecule has 0 bridgehead atoms. The summed E-state index contributed by atoms with van der Waals surface area (Å²) in [6, 6.07) is 9.02. The van der Waals surface area contributed by atoms with E-state index in [1.165, 1.54) is 4.90 Å². The van der Waals surface area contributed by atoms with Gasteiger partial charge in [-0.05, 0) is 32.0 Å². The van der Waals surface area contributed by atoms with Gasteiger partial charge in [-0.1, -0.05) is 22.0 Å². The summed E-state index contributed by atoms with van der Waals surface area (Å²) in [5, 5.41) is 8.78. The number of hydrogen-bond acceptors (Lipinski definition) is 2. The molecule has 0 atom stereocenters. The Morgan fingerprint density at radius 1 is 1.50 bits per heavy atom. The van der Waals surface area contributed by atoms with Gasteiger partial charge in [0, 0.05) is 12.7 Å². The molecule has 1 amide bonds. The lowest BCUT2D eigenvalue weighted by molar-refractivity contribution is -0.119. The standard InChI is InChI=1S/C12H13BrN2O/c1-12(2,13)11(16)15(3)10-6-4-5-9(7-10)8-14/h4-7H,1-3H3. The number of nitriles is 1. The van der Waals surface area contributed by atoms with Crippen molar-refractivity contribution >= 4 is 27.5 Å². The molecule has 4 heteroatoms. The normalized spacial score (nSPS) is 10.7. The van der Waals surface area contributed by atoms with Crippen molar-refractivity contribution in [1.82, 2.24) is 0 Å². The Labute approximate surface area is 104 Å². The van der Waals surface area contributed by atoms with Gasteiger partial charge in [-0.3, -0.25) is 4.79 Å². The smallest absolute Gasteiger partial charge is 0.243 e. The van der Waals surface area contributed by atoms with E-state index in [0.29, 0.717) is 5.56 Å². The first-order chi connectivity index (χ1) is 7.36. The summed E-state index contributed by atoms with van der Waals surface area (Å²) in [4.78, 5) is 13.5. The van der Waals surface area contributed by atoms with Crippen molar-refractivity contribution in [2.75, 3.05) is 11.9 Å². The number of nitrogens with zero attached hydrogens (tertiary/aromatic N) is 2. The molecule has 0 radical (unpaired) electrons. The zero-order chi connectivity index (χ0) is 12.3. The molecule has 16 heavy (non-hydrogen) atoms. The molecule has 1 aromatic carbocycles. The number of benzene rings is 1. The summed E-state index contributed by atoms with van der Waals surface area (Å²) in [7, 11) is 1.70. The van der Waals surface area contributed by atoms with Gasteiger partial charge in [-0.2, -0.15) is 5.26 Å². The van der Waals surface area contributed by atoms with Gasteiger partial charge < -0.3 is 4.90 Å². The molecule has 84 valence electrons. The molecule has 0 N–H and O–H groups in total. The molecule has 1 aromatic rings. The first-order valence-electron chi connectivity index (χ1n) is 4.83. The van der Waals surface area contributed by atoms with Gasteiger partial charge in [0.2, 0.25) is 5.91 Å². The molecule has 0 aliphatic carbocycles. The molecular weight excluding hydrogens is 268 g/mol. The van der Waals surface area contributed by atoms with Crippen LogP contribution in [0.25, 0.3) is 0 Å². The molecule has 0 saturated heterocycles. The largest absolute Gasteiger partial charge is 0.314 e. The first kappa shape index (κ1) is 12.7. The first-order valence-corrected chi connectivity index (χ1v) is 5.63. The molecule has 0 heterocycles. The van der Waals surface area contributed by atoms with E-state index in [1.807, 2.05) is 0 Å². The number of alkyl halides is 1. The monoisotopic (exact) mass is 280 g/mol. The van der Waals surface area contributed by atoms with Gasteiger partial charge in [0.25, 0.3) is 0 Å². The summed E-state index contributed by atoms with van der Waals surface area (Å²) in [5.41, 5.74) is 1.26. The summed E-state index contributed by atoms with van der Waals surface area (Å²) in [6.45, 7) is 3.58. The summed E-state index contributed by atoms with van der Waals surface area (Å²) >= 11 is 3.32. The SMILES string of the molecule is CN(C(=O)C(C)(C)Br)c1cccc(C#N)c1. The van der Waals surface area contributed by atoms with E-state index in [0.717, 1.165) is 5.69 Å². The van der Waals surface area contributed by atoms with E-state index >= 15 is 0 Å². The summed E-state index contributed by atoms with van der Waals surface area (Å²) in [5.74, 6) is -0.0532. The number of carbonyl (C=O) groups is 1. The average molecular weight is 281 g/mol. The molecular formula is C12H13BrN2O. The maximum atomic E-state index is 12.0. The number of carbonyl (C=O) groups excluding carboxylic acids is 1. The highest BCUT2D eigenvalue weighted by molar-refractivity contribution is 9.10. The predicted molar refractivity (Wildman–Crippen MR) is 67.6 cm³/mol. The molecule has 0 fully saturated rings.